The van der Waals surface area contributed by atoms with Crippen molar-refractivity contribution in [2.75, 3.05) is 27.7 Å². The van der Waals surface area contributed by atoms with Crippen molar-refractivity contribution in [1.82, 2.24) is 0 Å². The number of allylic oxidation sites excluding steroid dienone is 1. The molecule has 0 aromatic heterocycles. The van der Waals surface area contributed by atoms with Gasteiger partial charge >= 0.3 is 7.82 Å². The van der Waals surface area contributed by atoms with Gasteiger partial charge in [-0.05, 0) is 18.9 Å². The number of likely N-dealkylation sites (N-methyl/N-ethyl adjacent to an activating group) is 1. The molecule has 0 saturated carbocycles. The van der Waals surface area contributed by atoms with E-state index in [0.29, 0.717) is 17.4 Å². The number of nitrogens with zero attached hydrogens (tertiary/aromatic N) is 1. The molecular formula is C11H24NO5P. The zero-order valence-electron chi connectivity index (χ0n) is 11.8. The number of phosphoric acid groups is 1. The van der Waals surface area contributed by atoms with E-state index < -0.39 is 13.9 Å². The van der Waals surface area contributed by atoms with Crippen molar-refractivity contribution in [3.05, 3.63) is 12.3 Å². The first-order valence-corrected chi connectivity index (χ1v) is 7.46. The Morgan fingerprint density at radius 3 is 2.39 bits per heavy atom. The maximum absolute atomic E-state index is 11.5. The fraction of sp³-hybridized carbons (Fsp3) is 0.818. The lowest BCUT2D eigenvalue weighted by molar-refractivity contribution is -0.873. The highest BCUT2D eigenvalue weighted by molar-refractivity contribution is 7.45. The topological polar surface area (TPSA) is 67.8 Å². The third-order valence-corrected chi connectivity index (χ3v) is 2.83. The van der Waals surface area contributed by atoms with Gasteiger partial charge in [-0.25, -0.2) is 0 Å². The molecule has 2 atom stereocenters. The second-order valence-electron chi connectivity index (χ2n) is 5.01. The molecule has 0 aromatic carbocycles. The van der Waals surface area contributed by atoms with Crippen LogP contribution in [0.4, 0.5) is 0 Å². The van der Waals surface area contributed by atoms with Crippen LogP contribution in [0.5, 0.6) is 0 Å². The molecule has 0 fully saturated rings. The summed E-state index contributed by atoms with van der Waals surface area (Å²) in [5, 5.41) is 0. The molecule has 0 aromatic rings. The van der Waals surface area contributed by atoms with Gasteiger partial charge in [-0.1, -0.05) is 13.8 Å². The Hall–Kier alpha value is -0.390. The van der Waals surface area contributed by atoms with E-state index in [0.717, 1.165) is 6.42 Å². The van der Waals surface area contributed by atoms with Crippen LogP contribution in [-0.2, 0) is 18.7 Å². The number of rotatable bonds is 9. The van der Waals surface area contributed by atoms with Crippen molar-refractivity contribution in [2.24, 2.45) is 0 Å². The molecule has 0 amide bonds. The molecule has 0 aliphatic heterocycles. The van der Waals surface area contributed by atoms with Gasteiger partial charge in [-0.3, -0.25) is 4.57 Å². The number of phosphoric ester groups is 1. The van der Waals surface area contributed by atoms with E-state index in [1.165, 1.54) is 6.26 Å². The smallest absolute Gasteiger partial charge is 0.311 e. The molecule has 18 heavy (non-hydrogen) atoms. The largest absolute Gasteiger partial charge is 0.754 e. The Morgan fingerprint density at radius 1 is 1.33 bits per heavy atom. The van der Waals surface area contributed by atoms with Crippen LogP contribution in [0.3, 0.4) is 0 Å². The van der Waals surface area contributed by atoms with Crippen LogP contribution in [0.2, 0.25) is 0 Å². The summed E-state index contributed by atoms with van der Waals surface area (Å²) >= 11 is 0. The van der Waals surface area contributed by atoms with E-state index in [4.69, 9.17) is 4.52 Å². The number of hydrogen-bond donors (Lipinski definition) is 0. The summed E-state index contributed by atoms with van der Waals surface area (Å²) in [6.07, 6.45) is 3.69. The predicted octanol–water partition coefficient (Wildman–Crippen LogP) is 1.83. The van der Waals surface area contributed by atoms with Gasteiger partial charge in [0.1, 0.15) is 18.9 Å². The molecule has 0 saturated heterocycles. The Balaban J connectivity index is 4.26. The summed E-state index contributed by atoms with van der Waals surface area (Å²) < 4.78 is 21.3. The van der Waals surface area contributed by atoms with E-state index in [2.05, 4.69) is 9.56 Å². The average molecular weight is 281 g/mol. The molecular weight excluding hydrogens is 257 g/mol. The molecule has 0 aliphatic carbocycles. The molecule has 0 heterocycles. The van der Waals surface area contributed by atoms with Gasteiger partial charge in [0, 0.05) is 0 Å². The molecule has 6 nitrogen and oxygen atoms in total. The van der Waals surface area contributed by atoms with Gasteiger partial charge in [0.25, 0.3) is 0 Å². The SMILES string of the molecule is CCC=COOP(=O)([O-])OC(CC)C[N+](C)(C)C. The molecule has 0 bridgehead atoms. The van der Waals surface area contributed by atoms with E-state index in [1.807, 2.05) is 35.0 Å². The van der Waals surface area contributed by atoms with Crippen molar-refractivity contribution in [3.63, 3.8) is 0 Å². The van der Waals surface area contributed by atoms with Crippen molar-refractivity contribution in [2.45, 2.75) is 32.8 Å². The van der Waals surface area contributed by atoms with Gasteiger partial charge in [-0.15, -0.1) is 4.67 Å². The summed E-state index contributed by atoms with van der Waals surface area (Å²) in [4.78, 5) is 15.9. The van der Waals surface area contributed by atoms with Crippen molar-refractivity contribution < 1.29 is 28.0 Å². The van der Waals surface area contributed by atoms with Crippen molar-refractivity contribution in [1.29, 1.82) is 0 Å². The Labute approximate surface area is 109 Å². The van der Waals surface area contributed by atoms with Gasteiger partial charge < -0.3 is 18.8 Å². The quantitative estimate of drug-likeness (QED) is 0.212. The summed E-state index contributed by atoms with van der Waals surface area (Å²) in [6.45, 7) is 4.32. The highest BCUT2D eigenvalue weighted by Gasteiger charge is 2.23. The predicted molar refractivity (Wildman–Crippen MR) is 67.3 cm³/mol. The fourth-order valence-corrected chi connectivity index (χ4v) is 2.03. The van der Waals surface area contributed by atoms with E-state index >= 15 is 0 Å². The highest BCUT2D eigenvalue weighted by atomic mass is 31.2. The first-order chi connectivity index (χ1) is 8.20. The minimum absolute atomic E-state index is 0.424. The summed E-state index contributed by atoms with van der Waals surface area (Å²) in [6, 6.07) is 0. The van der Waals surface area contributed by atoms with Crippen molar-refractivity contribution in [3.8, 4) is 0 Å². The van der Waals surface area contributed by atoms with Crippen LogP contribution in [0.25, 0.3) is 0 Å². The van der Waals surface area contributed by atoms with Crippen LogP contribution < -0.4 is 4.89 Å². The number of quaternary nitrogens is 1. The Bertz CT molecular complexity index is 300. The van der Waals surface area contributed by atoms with E-state index in [-0.39, 0.29) is 0 Å². The van der Waals surface area contributed by atoms with E-state index in [9.17, 15) is 9.46 Å². The van der Waals surface area contributed by atoms with Crippen LogP contribution in [0.15, 0.2) is 12.3 Å². The Morgan fingerprint density at radius 2 is 1.94 bits per heavy atom. The van der Waals surface area contributed by atoms with Gasteiger partial charge in [0.05, 0.1) is 21.1 Å². The molecule has 0 rings (SSSR count). The molecule has 0 aliphatic rings. The van der Waals surface area contributed by atoms with Crippen molar-refractivity contribution >= 4 is 7.82 Å². The van der Waals surface area contributed by atoms with Crippen LogP contribution in [0.1, 0.15) is 26.7 Å². The lowest BCUT2D eigenvalue weighted by Gasteiger charge is -2.31. The van der Waals surface area contributed by atoms with Gasteiger partial charge in [0.15, 0.2) is 0 Å². The summed E-state index contributed by atoms with van der Waals surface area (Å²) in [5.74, 6) is 0. The third-order valence-electron chi connectivity index (χ3n) is 2.01. The maximum atomic E-state index is 11.5. The molecule has 2 unspecified atom stereocenters. The Kier molecular flexibility index (Phi) is 7.75. The summed E-state index contributed by atoms with van der Waals surface area (Å²) in [5.41, 5.74) is 0. The normalized spacial score (nSPS) is 17.7. The second kappa shape index (κ2) is 7.92. The zero-order chi connectivity index (χ0) is 14.2. The highest BCUT2D eigenvalue weighted by Crippen LogP contribution is 2.40. The molecule has 7 heteroatoms. The zero-order valence-corrected chi connectivity index (χ0v) is 12.7. The van der Waals surface area contributed by atoms with Crippen LogP contribution >= 0.6 is 7.82 Å². The first kappa shape index (κ1) is 17.6. The van der Waals surface area contributed by atoms with Gasteiger partial charge in [0.2, 0.25) is 0 Å². The minimum Gasteiger partial charge on any atom is -0.754 e. The van der Waals surface area contributed by atoms with E-state index in [1.54, 1.807) is 6.08 Å². The second-order valence-corrected chi connectivity index (χ2v) is 6.26. The lowest BCUT2D eigenvalue weighted by atomic mass is 10.2. The standard InChI is InChI=1S/C11H24NO5P/c1-6-8-9-15-17-18(13,14)16-11(7-2)10-12(3,4)5/h8-9,11H,6-7,10H2,1-5H3. The minimum atomic E-state index is -4.42. The molecule has 0 radical (unpaired) electrons. The first-order valence-electron chi connectivity index (χ1n) is 6.00. The molecule has 0 spiro atoms. The number of hydrogen-bond acceptors (Lipinski definition) is 5. The van der Waals surface area contributed by atoms with Gasteiger partial charge in [-0.2, -0.15) is 0 Å². The maximum Gasteiger partial charge on any atom is 0.311 e. The molecule has 108 valence electrons. The third kappa shape index (κ3) is 9.62. The summed E-state index contributed by atoms with van der Waals surface area (Å²) in [7, 11) is 1.46. The van der Waals surface area contributed by atoms with Crippen LogP contribution in [-0.4, -0.2) is 38.3 Å². The fourth-order valence-electron chi connectivity index (χ4n) is 1.26. The monoisotopic (exact) mass is 281 g/mol. The average Bonchev–Trinajstić information content (AvgIpc) is 2.21. The molecule has 0 N–H and O–H groups in total. The lowest BCUT2D eigenvalue weighted by Crippen LogP contribution is -2.42. The van der Waals surface area contributed by atoms with Crippen LogP contribution in [0, 0.1) is 0 Å².